The summed E-state index contributed by atoms with van der Waals surface area (Å²) in [5.41, 5.74) is 5.92. The maximum atomic E-state index is 9.56. The SMILES string of the molecule is Cc1cc2c(cc1CO)C(/C=C/c1cccnc1N(C)C)NCC2. The quantitative estimate of drug-likeness (QED) is 0.908. The number of pyridine rings is 1. The van der Waals surface area contributed by atoms with Crippen molar-refractivity contribution >= 4 is 11.9 Å². The van der Waals surface area contributed by atoms with Crippen molar-refractivity contribution in [2.75, 3.05) is 25.5 Å². The minimum absolute atomic E-state index is 0.0862. The highest BCUT2D eigenvalue weighted by Crippen LogP contribution is 2.28. The zero-order valence-corrected chi connectivity index (χ0v) is 14.6. The fourth-order valence-electron chi connectivity index (χ4n) is 3.27. The molecule has 1 aliphatic heterocycles. The topological polar surface area (TPSA) is 48.4 Å². The van der Waals surface area contributed by atoms with E-state index >= 15 is 0 Å². The van der Waals surface area contributed by atoms with Crippen LogP contribution in [0.4, 0.5) is 5.82 Å². The van der Waals surface area contributed by atoms with Gasteiger partial charge in [-0.3, -0.25) is 0 Å². The number of benzene rings is 1. The maximum absolute atomic E-state index is 9.56. The van der Waals surface area contributed by atoms with Crippen LogP contribution in [0.3, 0.4) is 0 Å². The molecule has 126 valence electrons. The molecule has 0 bridgehead atoms. The lowest BCUT2D eigenvalue weighted by atomic mass is 9.90. The van der Waals surface area contributed by atoms with Crippen LogP contribution in [0.25, 0.3) is 6.08 Å². The van der Waals surface area contributed by atoms with Gasteiger partial charge >= 0.3 is 0 Å². The van der Waals surface area contributed by atoms with Crippen molar-refractivity contribution in [2.45, 2.75) is 26.0 Å². The molecular weight excluding hydrogens is 298 g/mol. The van der Waals surface area contributed by atoms with Crippen molar-refractivity contribution in [3.05, 3.63) is 64.4 Å². The molecule has 0 amide bonds. The first kappa shape index (κ1) is 16.7. The zero-order valence-electron chi connectivity index (χ0n) is 14.6. The Hall–Kier alpha value is -2.17. The fraction of sp³-hybridized carbons (Fsp3) is 0.350. The van der Waals surface area contributed by atoms with Gasteiger partial charge in [-0.05, 0) is 47.7 Å². The van der Waals surface area contributed by atoms with Gasteiger partial charge in [-0.15, -0.1) is 0 Å². The standard InChI is InChI=1S/C20H25N3O/c1-14-11-16-8-10-21-19(18(16)12-17(14)13-24)7-6-15-5-4-9-22-20(15)23(2)3/h4-7,9,11-12,19,21,24H,8,10,13H2,1-3H3/b7-6+. The molecule has 3 rings (SSSR count). The van der Waals surface area contributed by atoms with Gasteiger partial charge in [0.1, 0.15) is 5.82 Å². The highest BCUT2D eigenvalue weighted by atomic mass is 16.3. The van der Waals surface area contributed by atoms with E-state index in [2.05, 4.69) is 47.6 Å². The molecular formula is C20H25N3O. The third-order valence-electron chi connectivity index (χ3n) is 4.57. The van der Waals surface area contributed by atoms with Crippen LogP contribution in [-0.2, 0) is 13.0 Å². The summed E-state index contributed by atoms with van der Waals surface area (Å²) < 4.78 is 0. The molecule has 1 unspecified atom stereocenters. The second-order valence-electron chi connectivity index (χ2n) is 6.49. The molecule has 2 heterocycles. The van der Waals surface area contributed by atoms with E-state index in [1.165, 1.54) is 16.7 Å². The molecule has 0 aliphatic carbocycles. The van der Waals surface area contributed by atoms with E-state index in [0.717, 1.165) is 29.9 Å². The molecule has 1 aliphatic rings. The second-order valence-corrected chi connectivity index (χ2v) is 6.49. The van der Waals surface area contributed by atoms with Gasteiger partial charge in [-0.1, -0.05) is 24.3 Å². The van der Waals surface area contributed by atoms with Crippen molar-refractivity contribution in [1.29, 1.82) is 0 Å². The van der Waals surface area contributed by atoms with Gasteiger partial charge in [0, 0.05) is 32.4 Å². The molecule has 4 nitrogen and oxygen atoms in total. The van der Waals surface area contributed by atoms with E-state index in [1.807, 2.05) is 31.3 Å². The number of nitrogens with zero attached hydrogens (tertiary/aromatic N) is 2. The molecule has 1 atom stereocenters. The Kier molecular flexibility index (Phi) is 4.97. The molecule has 2 N–H and O–H groups in total. The van der Waals surface area contributed by atoms with E-state index in [0.29, 0.717) is 0 Å². The number of rotatable bonds is 4. The zero-order chi connectivity index (χ0) is 17.1. The van der Waals surface area contributed by atoms with Crippen molar-refractivity contribution < 1.29 is 5.11 Å². The van der Waals surface area contributed by atoms with Crippen molar-refractivity contribution in [1.82, 2.24) is 10.3 Å². The number of hydrogen-bond acceptors (Lipinski definition) is 4. The summed E-state index contributed by atoms with van der Waals surface area (Å²) in [5, 5.41) is 13.1. The van der Waals surface area contributed by atoms with Crippen LogP contribution in [-0.4, -0.2) is 30.7 Å². The molecule has 0 spiro atoms. The van der Waals surface area contributed by atoms with Gasteiger partial charge in [0.25, 0.3) is 0 Å². The average Bonchev–Trinajstić information content (AvgIpc) is 2.59. The first-order valence-corrected chi connectivity index (χ1v) is 8.37. The molecule has 1 aromatic carbocycles. The third kappa shape index (κ3) is 3.35. The van der Waals surface area contributed by atoms with Crippen LogP contribution in [0, 0.1) is 6.92 Å². The molecule has 0 saturated carbocycles. The molecule has 0 fully saturated rings. The minimum atomic E-state index is 0.0862. The number of aliphatic hydroxyl groups excluding tert-OH is 1. The summed E-state index contributed by atoms with van der Waals surface area (Å²) >= 11 is 0. The van der Waals surface area contributed by atoms with Gasteiger partial charge in [0.05, 0.1) is 12.6 Å². The lowest BCUT2D eigenvalue weighted by Gasteiger charge is -2.26. The van der Waals surface area contributed by atoms with E-state index < -0.39 is 0 Å². The Bertz CT molecular complexity index is 753. The van der Waals surface area contributed by atoms with Crippen LogP contribution < -0.4 is 10.2 Å². The summed E-state index contributed by atoms with van der Waals surface area (Å²) in [5.74, 6) is 0.963. The lowest BCUT2D eigenvalue weighted by Crippen LogP contribution is -2.28. The molecule has 0 radical (unpaired) electrons. The number of aliphatic hydroxyl groups is 1. The fourth-order valence-corrected chi connectivity index (χ4v) is 3.27. The first-order chi connectivity index (χ1) is 11.6. The Morgan fingerprint density at radius 2 is 2.21 bits per heavy atom. The predicted octanol–water partition coefficient (Wildman–Crippen LogP) is 2.85. The van der Waals surface area contributed by atoms with Gasteiger partial charge < -0.3 is 15.3 Å². The largest absolute Gasteiger partial charge is 0.392 e. The Morgan fingerprint density at radius 3 is 2.96 bits per heavy atom. The van der Waals surface area contributed by atoms with E-state index in [4.69, 9.17) is 0 Å². The summed E-state index contributed by atoms with van der Waals surface area (Å²) in [6.07, 6.45) is 7.17. The number of aromatic nitrogens is 1. The van der Waals surface area contributed by atoms with Gasteiger partial charge in [-0.25, -0.2) is 4.98 Å². The Balaban J connectivity index is 1.93. The second kappa shape index (κ2) is 7.16. The summed E-state index contributed by atoms with van der Waals surface area (Å²) in [4.78, 5) is 6.47. The number of anilines is 1. The molecule has 1 aromatic heterocycles. The van der Waals surface area contributed by atoms with Crippen LogP contribution in [0.15, 0.2) is 36.5 Å². The summed E-state index contributed by atoms with van der Waals surface area (Å²) in [6, 6.07) is 8.56. The highest BCUT2D eigenvalue weighted by molar-refractivity contribution is 5.64. The Labute approximate surface area is 143 Å². The lowest BCUT2D eigenvalue weighted by molar-refractivity contribution is 0.280. The average molecular weight is 323 g/mol. The summed E-state index contributed by atoms with van der Waals surface area (Å²) in [6.45, 7) is 3.12. The van der Waals surface area contributed by atoms with Crippen LogP contribution in [0.2, 0.25) is 0 Å². The van der Waals surface area contributed by atoms with Crippen LogP contribution in [0.1, 0.15) is 33.9 Å². The third-order valence-corrected chi connectivity index (χ3v) is 4.57. The smallest absolute Gasteiger partial charge is 0.135 e. The number of nitrogens with one attached hydrogen (secondary N) is 1. The van der Waals surface area contributed by atoms with Crippen molar-refractivity contribution in [3.8, 4) is 0 Å². The van der Waals surface area contributed by atoms with Gasteiger partial charge in [0.15, 0.2) is 0 Å². The molecule has 24 heavy (non-hydrogen) atoms. The number of hydrogen-bond donors (Lipinski definition) is 2. The first-order valence-electron chi connectivity index (χ1n) is 8.37. The number of aryl methyl sites for hydroxylation is 1. The van der Waals surface area contributed by atoms with E-state index in [9.17, 15) is 5.11 Å². The van der Waals surface area contributed by atoms with Crippen LogP contribution in [0.5, 0.6) is 0 Å². The maximum Gasteiger partial charge on any atom is 0.135 e. The normalized spacial score (nSPS) is 17.1. The van der Waals surface area contributed by atoms with Crippen molar-refractivity contribution in [3.63, 3.8) is 0 Å². The van der Waals surface area contributed by atoms with Gasteiger partial charge in [-0.2, -0.15) is 0 Å². The minimum Gasteiger partial charge on any atom is -0.392 e. The van der Waals surface area contributed by atoms with Crippen molar-refractivity contribution in [2.24, 2.45) is 0 Å². The highest BCUT2D eigenvalue weighted by Gasteiger charge is 2.19. The predicted molar refractivity (Wildman–Crippen MR) is 99.1 cm³/mol. The molecule has 4 heteroatoms. The molecule has 2 aromatic rings. The van der Waals surface area contributed by atoms with E-state index in [-0.39, 0.29) is 12.6 Å². The van der Waals surface area contributed by atoms with E-state index in [1.54, 1.807) is 0 Å². The van der Waals surface area contributed by atoms with Crippen LogP contribution >= 0.6 is 0 Å². The summed E-state index contributed by atoms with van der Waals surface area (Å²) in [7, 11) is 4.01. The number of fused-ring (bicyclic) bond motifs is 1. The Morgan fingerprint density at radius 1 is 1.38 bits per heavy atom. The van der Waals surface area contributed by atoms with Gasteiger partial charge in [0.2, 0.25) is 0 Å². The monoisotopic (exact) mass is 323 g/mol. The molecule has 0 saturated heterocycles.